The Morgan fingerprint density at radius 3 is 2.65 bits per heavy atom. The second-order valence-electron chi connectivity index (χ2n) is 4.69. The van der Waals surface area contributed by atoms with Crippen LogP contribution in [0.25, 0.3) is 0 Å². The van der Waals surface area contributed by atoms with Crippen LogP contribution >= 0.6 is 11.6 Å². The number of piperidine rings is 1. The van der Waals surface area contributed by atoms with Gasteiger partial charge in [-0.1, -0.05) is 17.7 Å². The molecule has 2 N–H and O–H groups in total. The highest BCUT2D eigenvalue weighted by Crippen LogP contribution is 2.29. The van der Waals surface area contributed by atoms with Crippen LogP contribution in [0, 0.1) is 18.3 Å². The first kappa shape index (κ1) is 12.2. The van der Waals surface area contributed by atoms with Crippen molar-refractivity contribution in [2.24, 2.45) is 5.73 Å². The number of nitrogens with two attached hydrogens (primary N) is 1. The van der Waals surface area contributed by atoms with Gasteiger partial charge in [-0.2, -0.15) is 5.26 Å². The number of nitriles is 1. The van der Waals surface area contributed by atoms with Crippen LogP contribution < -0.4 is 10.6 Å². The molecular formula is C13H16ClN3. The van der Waals surface area contributed by atoms with E-state index >= 15 is 0 Å². The molecule has 4 heteroatoms. The summed E-state index contributed by atoms with van der Waals surface area (Å²) in [5, 5.41) is 9.74. The zero-order valence-corrected chi connectivity index (χ0v) is 10.7. The van der Waals surface area contributed by atoms with Crippen LogP contribution in [0.5, 0.6) is 0 Å². The molecular weight excluding hydrogens is 234 g/mol. The molecule has 17 heavy (non-hydrogen) atoms. The summed E-state index contributed by atoms with van der Waals surface area (Å²) in [7, 11) is 0. The van der Waals surface area contributed by atoms with Gasteiger partial charge in [0, 0.05) is 23.8 Å². The summed E-state index contributed by atoms with van der Waals surface area (Å²) in [6.07, 6.45) is 1.41. The number of hydrogen-bond acceptors (Lipinski definition) is 3. The molecule has 0 unspecified atom stereocenters. The molecule has 0 bridgehead atoms. The van der Waals surface area contributed by atoms with E-state index in [1.165, 1.54) is 5.56 Å². The van der Waals surface area contributed by atoms with Crippen molar-refractivity contribution in [1.29, 1.82) is 5.26 Å². The SMILES string of the molecule is Cc1ccc(Cl)cc1N1CCC(N)(C#N)CC1. The molecule has 1 heterocycles. The monoisotopic (exact) mass is 249 g/mol. The van der Waals surface area contributed by atoms with Crippen molar-refractivity contribution < 1.29 is 0 Å². The number of benzene rings is 1. The number of hydrogen-bond donors (Lipinski definition) is 1. The second-order valence-corrected chi connectivity index (χ2v) is 5.12. The first-order valence-electron chi connectivity index (χ1n) is 5.75. The third-order valence-corrected chi connectivity index (χ3v) is 3.63. The predicted molar refractivity (Wildman–Crippen MR) is 70.2 cm³/mol. The Hall–Kier alpha value is -1.24. The van der Waals surface area contributed by atoms with Crippen LogP contribution in [-0.2, 0) is 0 Å². The largest absolute Gasteiger partial charge is 0.371 e. The average molecular weight is 250 g/mol. The van der Waals surface area contributed by atoms with Crippen LogP contribution in [0.3, 0.4) is 0 Å². The first-order valence-corrected chi connectivity index (χ1v) is 6.13. The molecule has 0 atom stereocenters. The molecule has 1 aromatic rings. The molecule has 1 aliphatic rings. The van der Waals surface area contributed by atoms with Crippen molar-refractivity contribution in [2.75, 3.05) is 18.0 Å². The van der Waals surface area contributed by atoms with E-state index in [1.807, 2.05) is 18.2 Å². The molecule has 1 saturated heterocycles. The lowest BCUT2D eigenvalue weighted by molar-refractivity contribution is 0.415. The van der Waals surface area contributed by atoms with Crippen molar-refractivity contribution in [2.45, 2.75) is 25.3 Å². The number of aryl methyl sites for hydroxylation is 1. The molecule has 1 aromatic carbocycles. The van der Waals surface area contributed by atoms with Crippen molar-refractivity contribution >= 4 is 17.3 Å². The molecule has 0 aliphatic carbocycles. The van der Waals surface area contributed by atoms with E-state index in [0.29, 0.717) is 12.8 Å². The fourth-order valence-corrected chi connectivity index (χ4v) is 2.35. The minimum Gasteiger partial charge on any atom is -0.371 e. The Labute approximate surface area is 107 Å². The predicted octanol–water partition coefficient (Wildman–Crippen LogP) is 2.47. The van der Waals surface area contributed by atoms with Crippen molar-refractivity contribution in [3.8, 4) is 6.07 Å². The molecule has 2 rings (SSSR count). The average Bonchev–Trinajstić information content (AvgIpc) is 2.34. The summed E-state index contributed by atoms with van der Waals surface area (Å²) in [6.45, 7) is 3.69. The van der Waals surface area contributed by atoms with Crippen molar-refractivity contribution in [3.63, 3.8) is 0 Å². The van der Waals surface area contributed by atoms with E-state index in [0.717, 1.165) is 23.8 Å². The van der Waals surface area contributed by atoms with Crippen LogP contribution in [0.2, 0.25) is 5.02 Å². The van der Waals surface area contributed by atoms with Crippen LogP contribution in [0.4, 0.5) is 5.69 Å². The lowest BCUT2D eigenvalue weighted by atomic mass is 9.90. The van der Waals surface area contributed by atoms with Gasteiger partial charge in [-0.3, -0.25) is 0 Å². The van der Waals surface area contributed by atoms with Crippen molar-refractivity contribution in [3.05, 3.63) is 28.8 Å². The van der Waals surface area contributed by atoms with E-state index in [2.05, 4.69) is 17.9 Å². The van der Waals surface area contributed by atoms with Gasteiger partial charge < -0.3 is 10.6 Å². The summed E-state index contributed by atoms with van der Waals surface area (Å²) in [6, 6.07) is 8.10. The van der Waals surface area contributed by atoms with E-state index in [1.54, 1.807) is 0 Å². The highest BCUT2D eigenvalue weighted by molar-refractivity contribution is 6.30. The van der Waals surface area contributed by atoms with Crippen LogP contribution in [0.1, 0.15) is 18.4 Å². The maximum absolute atomic E-state index is 8.99. The summed E-state index contributed by atoms with van der Waals surface area (Å²) < 4.78 is 0. The smallest absolute Gasteiger partial charge is 0.107 e. The molecule has 0 amide bonds. The normalized spacial score (nSPS) is 18.8. The van der Waals surface area contributed by atoms with Gasteiger partial charge in [0.2, 0.25) is 0 Å². The fraction of sp³-hybridized carbons (Fsp3) is 0.462. The van der Waals surface area contributed by atoms with Gasteiger partial charge in [0.15, 0.2) is 0 Å². The topological polar surface area (TPSA) is 53.0 Å². The molecule has 3 nitrogen and oxygen atoms in total. The zero-order chi connectivity index (χ0) is 12.5. The maximum atomic E-state index is 8.99. The van der Waals surface area contributed by atoms with Gasteiger partial charge in [0.05, 0.1) is 6.07 Å². The summed E-state index contributed by atoms with van der Waals surface area (Å²) >= 11 is 6.02. The summed E-state index contributed by atoms with van der Waals surface area (Å²) in [5.74, 6) is 0. The lowest BCUT2D eigenvalue weighted by Gasteiger charge is -2.36. The van der Waals surface area contributed by atoms with Gasteiger partial charge in [0.1, 0.15) is 5.54 Å². The van der Waals surface area contributed by atoms with E-state index < -0.39 is 5.54 Å². The number of nitrogens with zero attached hydrogens (tertiary/aromatic N) is 2. The van der Waals surface area contributed by atoms with Gasteiger partial charge in [-0.15, -0.1) is 0 Å². The third-order valence-electron chi connectivity index (χ3n) is 3.39. The van der Waals surface area contributed by atoms with Gasteiger partial charge in [-0.05, 0) is 37.5 Å². The summed E-state index contributed by atoms with van der Waals surface area (Å²) in [5.41, 5.74) is 7.66. The molecule has 0 saturated carbocycles. The van der Waals surface area contributed by atoms with Gasteiger partial charge >= 0.3 is 0 Å². The number of halogens is 1. The second kappa shape index (κ2) is 4.56. The Balaban J connectivity index is 2.16. The highest BCUT2D eigenvalue weighted by Gasteiger charge is 2.30. The summed E-state index contributed by atoms with van der Waals surface area (Å²) in [4.78, 5) is 2.25. The minimum atomic E-state index is -0.650. The Kier molecular flexibility index (Phi) is 3.28. The van der Waals surface area contributed by atoms with E-state index in [4.69, 9.17) is 22.6 Å². The Morgan fingerprint density at radius 1 is 1.41 bits per heavy atom. The van der Waals surface area contributed by atoms with E-state index in [9.17, 15) is 0 Å². The standard InChI is InChI=1S/C13H16ClN3/c1-10-2-3-11(14)8-12(10)17-6-4-13(16,9-15)5-7-17/h2-3,8H,4-7,16H2,1H3. The maximum Gasteiger partial charge on any atom is 0.107 e. The number of rotatable bonds is 1. The Morgan fingerprint density at radius 2 is 2.06 bits per heavy atom. The van der Waals surface area contributed by atoms with Crippen molar-refractivity contribution in [1.82, 2.24) is 0 Å². The minimum absolute atomic E-state index is 0.650. The molecule has 1 fully saturated rings. The molecule has 0 aromatic heterocycles. The third kappa shape index (κ3) is 2.54. The van der Waals surface area contributed by atoms with Crippen LogP contribution in [0.15, 0.2) is 18.2 Å². The first-order chi connectivity index (χ1) is 8.04. The molecule has 0 spiro atoms. The van der Waals surface area contributed by atoms with E-state index in [-0.39, 0.29) is 0 Å². The van der Waals surface area contributed by atoms with Crippen LogP contribution in [-0.4, -0.2) is 18.6 Å². The van der Waals surface area contributed by atoms with Gasteiger partial charge in [0.25, 0.3) is 0 Å². The zero-order valence-electron chi connectivity index (χ0n) is 9.91. The lowest BCUT2D eigenvalue weighted by Crippen LogP contribution is -2.49. The molecule has 90 valence electrons. The highest BCUT2D eigenvalue weighted by atomic mass is 35.5. The quantitative estimate of drug-likeness (QED) is 0.832. The molecule has 0 radical (unpaired) electrons. The van der Waals surface area contributed by atoms with Gasteiger partial charge in [-0.25, -0.2) is 0 Å². The number of anilines is 1. The Bertz CT molecular complexity index is 456. The molecule has 1 aliphatic heterocycles. The fourth-order valence-electron chi connectivity index (χ4n) is 2.18.